The molecule has 0 spiro atoms. The van der Waals surface area contributed by atoms with Crippen molar-refractivity contribution in [3.05, 3.63) is 35.9 Å². The van der Waals surface area contributed by atoms with Gasteiger partial charge < -0.3 is 4.90 Å². The second-order valence-corrected chi connectivity index (χ2v) is 7.97. The average Bonchev–Trinajstić information content (AvgIpc) is 3.08. The maximum atomic E-state index is 12.9. The molecule has 5 heteroatoms. The number of likely N-dealkylation sites (tertiary alicyclic amines) is 1. The molecule has 0 radical (unpaired) electrons. The largest absolute Gasteiger partial charge is 0.327 e. The van der Waals surface area contributed by atoms with E-state index in [1.54, 1.807) is 9.80 Å². The van der Waals surface area contributed by atoms with Crippen molar-refractivity contribution in [1.29, 1.82) is 0 Å². The number of carbonyl (C=O) groups excluding carboxylic acids is 2. The summed E-state index contributed by atoms with van der Waals surface area (Å²) in [6.45, 7) is 6.73. The van der Waals surface area contributed by atoms with Crippen LogP contribution < -0.4 is 0 Å². The van der Waals surface area contributed by atoms with Crippen LogP contribution >= 0.6 is 0 Å². The van der Waals surface area contributed by atoms with E-state index in [1.165, 1.54) is 5.56 Å². The zero-order valence-electron chi connectivity index (χ0n) is 15.1. The molecule has 3 heterocycles. The Bertz CT molecular complexity index is 677. The van der Waals surface area contributed by atoms with Gasteiger partial charge in [-0.05, 0) is 45.1 Å². The lowest BCUT2D eigenvalue weighted by Gasteiger charge is -2.40. The summed E-state index contributed by atoms with van der Waals surface area (Å²) in [5.41, 5.74) is 0.732. The van der Waals surface area contributed by atoms with E-state index in [-0.39, 0.29) is 18.0 Å². The summed E-state index contributed by atoms with van der Waals surface area (Å²) in [6, 6.07) is 10.8. The molecule has 134 valence electrons. The van der Waals surface area contributed by atoms with Crippen molar-refractivity contribution < 1.29 is 9.59 Å². The third-order valence-electron chi connectivity index (χ3n) is 6.34. The number of imide groups is 1. The minimum atomic E-state index is -0.582. The van der Waals surface area contributed by atoms with Crippen molar-refractivity contribution in [3.8, 4) is 0 Å². The Labute approximate surface area is 149 Å². The molecule has 1 aromatic rings. The molecule has 0 bridgehead atoms. The first-order valence-electron chi connectivity index (χ1n) is 9.44. The van der Waals surface area contributed by atoms with E-state index >= 15 is 0 Å². The lowest BCUT2D eigenvalue weighted by atomic mass is 9.94. The Balaban J connectivity index is 1.44. The molecule has 3 unspecified atom stereocenters. The van der Waals surface area contributed by atoms with Crippen molar-refractivity contribution in [2.45, 2.75) is 63.7 Å². The zero-order chi connectivity index (χ0) is 17.6. The number of amides is 3. The quantitative estimate of drug-likeness (QED) is 0.794. The van der Waals surface area contributed by atoms with Gasteiger partial charge in [0.15, 0.2) is 0 Å². The van der Waals surface area contributed by atoms with Gasteiger partial charge in [-0.1, -0.05) is 30.3 Å². The Hall–Kier alpha value is -1.88. The maximum Gasteiger partial charge on any atom is 0.327 e. The van der Waals surface area contributed by atoms with Crippen molar-refractivity contribution in [2.24, 2.45) is 0 Å². The summed E-state index contributed by atoms with van der Waals surface area (Å²) in [6.07, 6.45) is 3.48. The van der Waals surface area contributed by atoms with E-state index in [0.29, 0.717) is 6.04 Å². The third kappa shape index (κ3) is 2.65. The molecule has 4 rings (SSSR count). The highest BCUT2D eigenvalue weighted by Gasteiger charge is 2.58. The predicted octanol–water partition coefficient (Wildman–Crippen LogP) is 2.86. The van der Waals surface area contributed by atoms with E-state index in [0.717, 1.165) is 45.3 Å². The van der Waals surface area contributed by atoms with Crippen molar-refractivity contribution >= 4 is 11.9 Å². The highest BCUT2D eigenvalue weighted by molar-refractivity contribution is 6.07. The molecular formula is C20H27N3O2. The molecule has 3 amide bonds. The van der Waals surface area contributed by atoms with Crippen LogP contribution in [0.25, 0.3) is 0 Å². The van der Waals surface area contributed by atoms with Gasteiger partial charge in [-0.2, -0.15) is 0 Å². The van der Waals surface area contributed by atoms with Crippen LogP contribution in [-0.4, -0.2) is 57.4 Å². The normalized spacial score (nSPS) is 33.2. The topological polar surface area (TPSA) is 43.9 Å². The molecule has 0 aromatic heterocycles. The average molecular weight is 341 g/mol. The Morgan fingerprint density at radius 2 is 1.92 bits per heavy atom. The summed E-state index contributed by atoms with van der Waals surface area (Å²) < 4.78 is 0. The summed E-state index contributed by atoms with van der Waals surface area (Å²) in [5.74, 6) is 0.0312. The van der Waals surface area contributed by atoms with E-state index < -0.39 is 5.54 Å². The first-order valence-corrected chi connectivity index (χ1v) is 9.44. The van der Waals surface area contributed by atoms with Crippen LogP contribution in [0.15, 0.2) is 30.3 Å². The Morgan fingerprint density at radius 1 is 1.16 bits per heavy atom. The SMILES string of the molecule is CC1CC(N2C(=O)N3CCCC3(C)C2=O)CCN1Cc1ccccc1. The first kappa shape index (κ1) is 16.6. The maximum absolute atomic E-state index is 12.9. The van der Waals surface area contributed by atoms with E-state index in [2.05, 4.69) is 36.1 Å². The van der Waals surface area contributed by atoms with Gasteiger partial charge in [0.1, 0.15) is 5.54 Å². The van der Waals surface area contributed by atoms with Gasteiger partial charge in [0.05, 0.1) is 0 Å². The molecule has 1 aromatic carbocycles. The number of hydrogen-bond donors (Lipinski definition) is 0. The lowest BCUT2D eigenvalue weighted by Crippen LogP contribution is -2.51. The Morgan fingerprint density at radius 3 is 2.60 bits per heavy atom. The Kier molecular flexibility index (Phi) is 4.07. The summed E-state index contributed by atoms with van der Waals surface area (Å²) >= 11 is 0. The van der Waals surface area contributed by atoms with Gasteiger partial charge in [-0.25, -0.2) is 4.79 Å². The molecule has 0 N–H and O–H groups in total. The van der Waals surface area contributed by atoms with Gasteiger partial charge in [0.25, 0.3) is 5.91 Å². The van der Waals surface area contributed by atoms with Crippen molar-refractivity contribution in [3.63, 3.8) is 0 Å². The summed E-state index contributed by atoms with van der Waals surface area (Å²) in [4.78, 5) is 31.6. The number of carbonyl (C=O) groups is 2. The van der Waals surface area contributed by atoms with Crippen LogP contribution in [0.3, 0.4) is 0 Å². The third-order valence-corrected chi connectivity index (χ3v) is 6.34. The van der Waals surface area contributed by atoms with Crippen LogP contribution in [0.5, 0.6) is 0 Å². The van der Waals surface area contributed by atoms with Gasteiger partial charge in [-0.15, -0.1) is 0 Å². The zero-order valence-corrected chi connectivity index (χ0v) is 15.1. The number of urea groups is 1. The molecular weight excluding hydrogens is 314 g/mol. The lowest BCUT2D eigenvalue weighted by molar-refractivity contribution is -0.134. The van der Waals surface area contributed by atoms with E-state index in [1.807, 2.05) is 13.0 Å². The van der Waals surface area contributed by atoms with E-state index in [4.69, 9.17) is 0 Å². The van der Waals surface area contributed by atoms with Gasteiger partial charge in [-0.3, -0.25) is 14.6 Å². The molecule has 25 heavy (non-hydrogen) atoms. The fraction of sp³-hybridized carbons (Fsp3) is 0.600. The number of benzene rings is 1. The number of piperidine rings is 1. The van der Waals surface area contributed by atoms with Crippen LogP contribution in [0, 0.1) is 0 Å². The van der Waals surface area contributed by atoms with Gasteiger partial charge in [0, 0.05) is 31.7 Å². The number of fused-ring (bicyclic) bond motifs is 1. The van der Waals surface area contributed by atoms with Gasteiger partial charge >= 0.3 is 6.03 Å². The van der Waals surface area contributed by atoms with Crippen LogP contribution in [0.1, 0.15) is 45.1 Å². The molecule has 0 aliphatic carbocycles. The van der Waals surface area contributed by atoms with Crippen LogP contribution in [0.2, 0.25) is 0 Å². The monoisotopic (exact) mass is 341 g/mol. The fourth-order valence-electron chi connectivity index (χ4n) is 4.77. The molecule has 3 fully saturated rings. The smallest absolute Gasteiger partial charge is 0.310 e. The van der Waals surface area contributed by atoms with Gasteiger partial charge in [0.2, 0.25) is 0 Å². The highest BCUT2D eigenvalue weighted by atomic mass is 16.2. The summed E-state index contributed by atoms with van der Waals surface area (Å²) in [5, 5.41) is 0. The fourth-order valence-corrected chi connectivity index (χ4v) is 4.77. The second kappa shape index (κ2) is 6.13. The summed E-state index contributed by atoms with van der Waals surface area (Å²) in [7, 11) is 0. The van der Waals surface area contributed by atoms with Crippen molar-refractivity contribution in [2.75, 3.05) is 13.1 Å². The number of rotatable bonds is 3. The second-order valence-electron chi connectivity index (χ2n) is 7.97. The number of nitrogens with zero attached hydrogens (tertiary/aromatic N) is 3. The molecule has 3 aliphatic heterocycles. The minimum absolute atomic E-state index is 0.0312. The minimum Gasteiger partial charge on any atom is -0.310 e. The molecule has 5 nitrogen and oxygen atoms in total. The predicted molar refractivity (Wildman–Crippen MR) is 95.9 cm³/mol. The van der Waals surface area contributed by atoms with Crippen LogP contribution in [-0.2, 0) is 11.3 Å². The number of hydrogen-bond acceptors (Lipinski definition) is 3. The van der Waals surface area contributed by atoms with Crippen molar-refractivity contribution in [1.82, 2.24) is 14.7 Å². The molecule has 3 atom stereocenters. The highest BCUT2D eigenvalue weighted by Crippen LogP contribution is 2.40. The molecule has 3 saturated heterocycles. The standard InChI is InChI=1S/C20H27N3O2/c1-15-13-17(9-12-21(15)14-16-7-4-3-5-8-16)23-18(24)20(2)10-6-11-22(20)19(23)25/h3-5,7-8,15,17H,6,9-14H2,1-2H3. The van der Waals surface area contributed by atoms with E-state index in [9.17, 15) is 9.59 Å². The first-order chi connectivity index (χ1) is 12.0. The molecule has 3 aliphatic rings. The van der Waals surface area contributed by atoms with Crippen LogP contribution in [0.4, 0.5) is 4.79 Å². The molecule has 0 saturated carbocycles.